The Kier molecular flexibility index (Phi) is 5.20. The van der Waals surface area contributed by atoms with E-state index in [-0.39, 0.29) is 0 Å². The van der Waals surface area contributed by atoms with Crippen LogP contribution in [-0.4, -0.2) is 36.8 Å². The lowest BCUT2D eigenvalue weighted by molar-refractivity contribution is 0.198. The van der Waals surface area contributed by atoms with Gasteiger partial charge < -0.3 is 14.8 Å². The number of ether oxygens (including phenoxy) is 2. The van der Waals surface area contributed by atoms with E-state index in [0.29, 0.717) is 6.61 Å². The minimum atomic E-state index is 0.707. The number of aromatic nitrogens is 2. The first-order valence-corrected chi connectivity index (χ1v) is 9.89. The number of para-hydroxylation sites is 1. The molecule has 4 rings (SSSR count). The van der Waals surface area contributed by atoms with Crippen molar-refractivity contribution in [1.82, 2.24) is 9.38 Å². The highest BCUT2D eigenvalue weighted by Gasteiger charge is 2.20. The molecule has 27 heavy (non-hydrogen) atoms. The second kappa shape index (κ2) is 7.76. The maximum Gasteiger partial charge on any atom is 0.197 e. The average molecular weight is 402 g/mol. The molecule has 4 aromatic rings. The Hall–Kier alpha value is -2.28. The Bertz CT molecular complexity index is 1090. The summed E-state index contributed by atoms with van der Waals surface area (Å²) in [4.78, 5) is 5.84. The van der Waals surface area contributed by atoms with Gasteiger partial charge in [0.05, 0.1) is 17.3 Å². The van der Waals surface area contributed by atoms with E-state index in [1.807, 2.05) is 42.5 Å². The fourth-order valence-electron chi connectivity index (χ4n) is 3.16. The molecule has 2 heterocycles. The summed E-state index contributed by atoms with van der Waals surface area (Å²) in [6, 6.07) is 13.9. The van der Waals surface area contributed by atoms with E-state index < -0.39 is 0 Å². The number of benzene rings is 2. The van der Waals surface area contributed by atoms with Crippen LogP contribution >= 0.6 is 22.9 Å². The van der Waals surface area contributed by atoms with Crippen molar-refractivity contribution in [3.8, 4) is 17.0 Å². The van der Waals surface area contributed by atoms with Crippen LogP contribution in [0.1, 0.15) is 6.42 Å². The molecule has 140 valence electrons. The Labute approximate surface area is 166 Å². The highest BCUT2D eigenvalue weighted by molar-refractivity contribution is 7.23. The van der Waals surface area contributed by atoms with E-state index in [1.54, 1.807) is 25.6 Å². The molecule has 2 aromatic carbocycles. The van der Waals surface area contributed by atoms with Crippen molar-refractivity contribution in [2.45, 2.75) is 6.42 Å². The highest BCUT2D eigenvalue weighted by Crippen LogP contribution is 2.39. The summed E-state index contributed by atoms with van der Waals surface area (Å²) in [5.74, 6) is 1.76. The van der Waals surface area contributed by atoms with E-state index in [1.165, 1.54) is 0 Å². The summed E-state index contributed by atoms with van der Waals surface area (Å²) in [6.45, 7) is 1.49. The van der Waals surface area contributed by atoms with Gasteiger partial charge in [-0.05, 0) is 36.8 Å². The molecule has 0 saturated heterocycles. The molecule has 0 saturated carbocycles. The van der Waals surface area contributed by atoms with Gasteiger partial charge in [0.1, 0.15) is 17.3 Å². The first-order chi connectivity index (χ1) is 13.2. The number of rotatable bonds is 7. The molecule has 0 atom stereocenters. The molecule has 7 heteroatoms. The largest absolute Gasteiger partial charge is 0.496 e. The predicted molar refractivity (Wildman–Crippen MR) is 113 cm³/mol. The smallest absolute Gasteiger partial charge is 0.197 e. The minimum absolute atomic E-state index is 0.707. The Morgan fingerprint density at radius 1 is 1.19 bits per heavy atom. The van der Waals surface area contributed by atoms with E-state index in [9.17, 15) is 0 Å². The van der Waals surface area contributed by atoms with Crippen molar-refractivity contribution in [3.63, 3.8) is 0 Å². The second-order valence-corrected chi connectivity index (χ2v) is 7.56. The van der Waals surface area contributed by atoms with Crippen LogP contribution in [0.15, 0.2) is 42.5 Å². The molecule has 0 aliphatic carbocycles. The molecule has 5 nitrogen and oxygen atoms in total. The van der Waals surface area contributed by atoms with Crippen molar-refractivity contribution in [2.75, 3.05) is 32.7 Å². The van der Waals surface area contributed by atoms with E-state index in [2.05, 4.69) is 9.72 Å². The van der Waals surface area contributed by atoms with Gasteiger partial charge in [-0.3, -0.25) is 4.40 Å². The lowest BCUT2D eigenvalue weighted by Crippen LogP contribution is -2.07. The van der Waals surface area contributed by atoms with Crippen molar-refractivity contribution < 1.29 is 9.47 Å². The van der Waals surface area contributed by atoms with Crippen LogP contribution in [0, 0.1) is 0 Å². The standard InChI is InChI=1S/C20H20ClN3O2S/c1-25-11-5-10-22-19-18(14-6-3-4-7-16(14)26-2)23-20-24(19)15-9-8-13(21)12-17(15)27-20/h3-4,6-9,12,22H,5,10-11H2,1-2H3. The van der Waals surface area contributed by atoms with Crippen molar-refractivity contribution in [3.05, 3.63) is 47.5 Å². The van der Waals surface area contributed by atoms with Crippen molar-refractivity contribution in [2.24, 2.45) is 0 Å². The number of thiazole rings is 1. The third kappa shape index (κ3) is 3.36. The summed E-state index contributed by atoms with van der Waals surface area (Å²) in [7, 11) is 3.40. The minimum Gasteiger partial charge on any atom is -0.496 e. The fraction of sp³-hybridized carbons (Fsp3) is 0.250. The molecule has 0 bridgehead atoms. The Morgan fingerprint density at radius 3 is 2.85 bits per heavy atom. The summed E-state index contributed by atoms with van der Waals surface area (Å²) < 4.78 is 14.0. The number of halogens is 1. The van der Waals surface area contributed by atoms with E-state index >= 15 is 0 Å². The third-order valence-electron chi connectivity index (χ3n) is 4.39. The van der Waals surface area contributed by atoms with Gasteiger partial charge in [-0.2, -0.15) is 0 Å². The number of hydrogen-bond donors (Lipinski definition) is 1. The van der Waals surface area contributed by atoms with Gasteiger partial charge in [-0.25, -0.2) is 4.98 Å². The van der Waals surface area contributed by atoms with Crippen LogP contribution in [0.2, 0.25) is 5.02 Å². The van der Waals surface area contributed by atoms with Crippen molar-refractivity contribution in [1.29, 1.82) is 0 Å². The SMILES string of the molecule is COCCCNc1c(-c2ccccc2OC)nc2sc3cc(Cl)ccc3n12. The molecule has 0 spiro atoms. The number of imidazole rings is 1. The zero-order valence-corrected chi connectivity index (χ0v) is 16.7. The van der Waals surface area contributed by atoms with E-state index in [0.717, 1.165) is 56.0 Å². The number of fused-ring (bicyclic) bond motifs is 3. The lowest BCUT2D eigenvalue weighted by Gasteiger charge is -2.11. The summed E-state index contributed by atoms with van der Waals surface area (Å²) >= 11 is 7.79. The highest BCUT2D eigenvalue weighted by atomic mass is 35.5. The molecule has 0 amide bonds. The summed E-state index contributed by atoms with van der Waals surface area (Å²) in [5, 5.41) is 4.28. The number of nitrogens with zero attached hydrogens (tertiary/aromatic N) is 2. The van der Waals surface area contributed by atoms with Gasteiger partial charge in [-0.1, -0.05) is 35.1 Å². The number of hydrogen-bond acceptors (Lipinski definition) is 5. The number of nitrogens with one attached hydrogen (secondary N) is 1. The first kappa shape index (κ1) is 18.1. The molecule has 1 N–H and O–H groups in total. The number of methoxy groups -OCH3 is 2. The molecule has 0 radical (unpaired) electrons. The van der Waals surface area contributed by atoms with Gasteiger partial charge in [0.25, 0.3) is 0 Å². The van der Waals surface area contributed by atoms with Crippen LogP contribution in [0.3, 0.4) is 0 Å². The molecule has 2 aromatic heterocycles. The average Bonchev–Trinajstić information content (AvgIpc) is 3.20. The van der Waals surface area contributed by atoms with Crippen LogP contribution in [0.5, 0.6) is 5.75 Å². The Morgan fingerprint density at radius 2 is 2.04 bits per heavy atom. The van der Waals surface area contributed by atoms with Crippen LogP contribution in [0.4, 0.5) is 5.82 Å². The molecule has 0 unspecified atom stereocenters. The zero-order chi connectivity index (χ0) is 18.8. The van der Waals surface area contributed by atoms with Gasteiger partial charge in [-0.15, -0.1) is 0 Å². The number of anilines is 1. The van der Waals surface area contributed by atoms with Crippen LogP contribution < -0.4 is 10.1 Å². The monoisotopic (exact) mass is 401 g/mol. The van der Waals surface area contributed by atoms with Crippen molar-refractivity contribution >= 4 is 43.9 Å². The maximum absolute atomic E-state index is 6.17. The first-order valence-electron chi connectivity index (χ1n) is 8.69. The Balaban J connectivity index is 1.89. The topological polar surface area (TPSA) is 47.8 Å². The zero-order valence-electron chi connectivity index (χ0n) is 15.2. The molecule has 0 aliphatic heterocycles. The van der Waals surface area contributed by atoms with Gasteiger partial charge in [0.15, 0.2) is 4.96 Å². The molecular formula is C20H20ClN3O2S. The predicted octanol–water partition coefficient (Wildman–Crippen LogP) is 5.33. The van der Waals surface area contributed by atoms with Crippen LogP contribution in [-0.2, 0) is 4.74 Å². The van der Waals surface area contributed by atoms with Gasteiger partial charge in [0, 0.05) is 30.8 Å². The summed E-state index contributed by atoms with van der Waals surface area (Å²) in [5.41, 5.74) is 2.93. The van der Waals surface area contributed by atoms with Gasteiger partial charge >= 0.3 is 0 Å². The maximum atomic E-state index is 6.17. The summed E-state index contributed by atoms with van der Waals surface area (Å²) in [6.07, 6.45) is 0.906. The van der Waals surface area contributed by atoms with E-state index in [4.69, 9.17) is 26.1 Å². The molecule has 0 aliphatic rings. The fourth-order valence-corrected chi connectivity index (χ4v) is 4.46. The van der Waals surface area contributed by atoms with Crippen LogP contribution in [0.25, 0.3) is 26.4 Å². The lowest BCUT2D eigenvalue weighted by atomic mass is 10.1. The molecule has 0 fully saturated rings. The normalized spacial score (nSPS) is 11.4. The second-order valence-electron chi connectivity index (χ2n) is 6.11. The third-order valence-corrected chi connectivity index (χ3v) is 5.63. The van der Waals surface area contributed by atoms with Gasteiger partial charge in [0.2, 0.25) is 0 Å². The molecular weight excluding hydrogens is 382 g/mol. The quantitative estimate of drug-likeness (QED) is 0.425.